The number of carboxylic acid groups (broad SMARTS) is 1. The van der Waals surface area contributed by atoms with Gasteiger partial charge in [-0.15, -0.1) is 0 Å². The minimum absolute atomic E-state index is 0.201. The summed E-state index contributed by atoms with van der Waals surface area (Å²) in [6, 6.07) is 22.4. The van der Waals surface area contributed by atoms with Gasteiger partial charge in [-0.05, 0) is 48.9 Å². The fourth-order valence-electron chi connectivity index (χ4n) is 3.27. The monoisotopic (exact) mass is 397 g/mol. The molecule has 2 N–H and O–H groups in total. The number of nitrogens with zero attached hydrogens (tertiary/aromatic N) is 2. The molecule has 2 aromatic carbocycles. The van der Waals surface area contributed by atoms with Crippen LogP contribution in [0.3, 0.4) is 0 Å². The van der Waals surface area contributed by atoms with E-state index in [0.717, 1.165) is 17.5 Å². The van der Waals surface area contributed by atoms with Crippen molar-refractivity contribution >= 4 is 34.6 Å². The molecule has 6 heteroatoms. The van der Waals surface area contributed by atoms with Crippen LogP contribution in [-0.4, -0.2) is 20.6 Å². The van der Waals surface area contributed by atoms with Gasteiger partial charge in [0.05, 0.1) is 5.39 Å². The van der Waals surface area contributed by atoms with Crippen LogP contribution in [-0.2, 0) is 4.79 Å². The van der Waals surface area contributed by atoms with Gasteiger partial charge in [-0.3, -0.25) is 9.36 Å². The lowest BCUT2D eigenvalue weighted by atomic mass is 10.1. The Morgan fingerprint density at radius 1 is 1.03 bits per heavy atom. The van der Waals surface area contributed by atoms with Gasteiger partial charge in [-0.2, -0.15) is 0 Å². The lowest BCUT2D eigenvalue weighted by Crippen LogP contribution is -2.14. The molecule has 4 aromatic rings. The van der Waals surface area contributed by atoms with E-state index in [0.29, 0.717) is 28.1 Å². The normalized spacial score (nSPS) is 11.1. The van der Waals surface area contributed by atoms with E-state index >= 15 is 0 Å². The summed E-state index contributed by atoms with van der Waals surface area (Å²) in [4.78, 5) is 28.5. The van der Waals surface area contributed by atoms with Gasteiger partial charge in [-0.1, -0.05) is 36.4 Å². The van der Waals surface area contributed by atoms with E-state index in [9.17, 15) is 9.59 Å². The van der Waals surface area contributed by atoms with Crippen LogP contribution in [0.15, 0.2) is 83.7 Å². The molecule has 0 saturated carbocycles. The number of aliphatic carboxylic acids is 1. The molecule has 30 heavy (non-hydrogen) atoms. The molecular weight excluding hydrogens is 378 g/mol. The van der Waals surface area contributed by atoms with Crippen molar-refractivity contribution in [2.75, 3.05) is 5.32 Å². The van der Waals surface area contributed by atoms with Gasteiger partial charge in [0.1, 0.15) is 11.5 Å². The second-order valence-electron chi connectivity index (χ2n) is 6.76. The molecule has 2 aromatic heterocycles. The summed E-state index contributed by atoms with van der Waals surface area (Å²) in [7, 11) is 0. The van der Waals surface area contributed by atoms with Crippen LogP contribution < -0.4 is 10.7 Å². The van der Waals surface area contributed by atoms with Crippen molar-refractivity contribution in [2.45, 2.75) is 6.92 Å². The molecule has 0 aliphatic heterocycles. The van der Waals surface area contributed by atoms with Gasteiger partial charge in [-0.25, -0.2) is 9.78 Å². The lowest BCUT2D eigenvalue weighted by Gasteiger charge is -2.18. The van der Waals surface area contributed by atoms with E-state index in [1.54, 1.807) is 13.0 Å². The number of hydrogen-bond acceptors (Lipinski definition) is 4. The van der Waals surface area contributed by atoms with Gasteiger partial charge in [0.2, 0.25) is 0 Å². The van der Waals surface area contributed by atoms with Crippen LogP contribution in [0, 0.1) is 6.92 Å². The minimum atomic E-state index is -1.06. The van der Waals surface area contributed by atoms with Crippen LogP contribution in [0.1, 0.15) is 11.3 Å². The van der Waals surface area contributed by atoms with E-state index in [4.69, 9.17) is 5.11 Å². The minimum Gasteiger partial charge on any atom is -0.478 e. The number of para-hydroxylation sites is 2. The molecular formula is C24H19N3O3. The highest BCUT2D eigenvalue weighted by Crippen LogP contribution is 2.25. The molecule has 0 bridgehead atoms. The third kappa shape index (κ3) is 3.84. The predicted molar refractivity (Wildman–Crippen MR) is 118 cm³/mol. The van der Waals surface area contributed by atoms with Gasteiger partial charge in [0.15, 0.2) is 5.43 Å². The summed E-state index contributed by atoms with van der Waals surface area (Å²) in [6.45, 7) is 1.79. The number of anilines is 2. The summed E-state index contributed by atoms with van der Waals surface area (Å²) in [5.41, 5.74) is 3.21. The molecule has 0 aliphatic rings. The van der Waals surface area contributed by atoms with E-state index in [1.165, 1.54) is 12.1 Å². The molecule has 0 radical (unpaired) electrons. The zero-order valence-electron chi connectivity index (χ0n) is 16.2. The second kappa shape index (κ2) is 8.05. The molecule has 0 fully saturated rings. The van der Waals surface area contributed by atoms with Gasteiger partial charge in [0.25, 0.3) is 0 Å². The summed E-state index contributed by atoms with van der Waals surface area (Å²) in [6.07, 6.45) is 2.49. The Bertz CT molecular complexity index is 1310. The molecule has 2 heterocycles. The number of aryl methyl sites for hydroxylation is 1. The fraction of sp³-hybridized carbons (Fsp3) is 0.0417. The maximum atomic E-state index is 12.9. The highest BCUT2D eigenvalue weighted by atomic mass is 16.4. The Morgan fingerprint density at radius 2 is 1.70 bits per heavy atom. The average Bonchev–Trinajstić information content (AvgIpc) is 2.74. The van der Waals surface area contributed by atoms with Crippen LogP contribution in [0.4, 0.5) is 11.5 Å². The van der Waals surface area contributed by atoms with Crippen molar-refractivity contribution in [1.82, 2.24) is 9.55 Å². The fourth-order valence-corrected chi connectivity index (χ4v) is 3.27. The summed E-state index contributed by atoms with van der Waals surface area (Å²) in [5.74, 6) is -0.468. The van der Waals surface area contributed by atoms with Crippen molar-refractivity contribution in [3.63, 3.8) is 0 Å². The molecule has 0 aliphatic carbocycles. The average molecular weight is 397 g/mol. The number of carbonyl (C=O) groups is 1. The first-order valence-electron chi connectivity index (χ1n) is 9.39. The van der Waals surface area contributed by atoms with Crippen molar-refractivity contribution in [1.29, 1.82) is 0 Å². The molecule has 0 spiro atoms. The topological polar surface area (TPSA) is 84.2 Å². The van der Waals surface area contributed by atoms with E-state index in [1.807, 2.05) is 65.2 Å². The van der Waals surface area contributed by atoms with Crippen LogP contribution in [0.2, 0.25) is 0 Å². The Labute approximate surface area is 172 Å². The van der Waals surface area contributed by atoms with Gasteiger partial charge >= 0.3 is 5.97 Å². The first kappa shape index (κ1) is 19.1. The van der Waals surface area contributed by atoms with E-state index in [-0.39, 0.29) is 5.43 Å². The first-order valence-corrected chi connectivity index (χ1v) is 9.39. The molecule has 148 valence electrons. The zero-order chi connectivity index (χ0) is 21.1. The third-order valence-electron chi connectivity index (χ3n) is 4.68. The summed E-state index contributed by atoms with van der Waals surface area (Å²) >= 11 is 0. The zero-order valence-corrected chi connectivity index (χ0v) is 16.2. The van der Waals surface area contributed by atoms with Crippen LogP contribution in [0.5, 0.6) is 0 Å². The van der Waals surface area contributed by atoms with E-state index < -0.39 is 5.97 Å². The number of carboxylic acids is 1. The number of benzene rings is 2. The molecule has 4 rings (SSSR count). The Balaban J connectivity index is 1.99. The Morgan fingerprint density at radius 3 is 2.37 bits per heavy atom. The summed E-state index contributed by atoms with van der Waals surface area (Å²) in [5, 5.41) is 12.6. The molecule has 6 nitrogen and oxygen atoms in total. The quantitative estimate of drug-likeness (QED) is 0.483. The number of pyridine rings is 2. The van der Waals surface area contributed by atoms with Crippen molar-refractivity contribution < 1.29 is 9.90 Å². The van der Waals surface area contributed by atoms with Crippen LogP contribution in [0.25, 0.3) is 22.8 Å². The Hall–Kier alpha value is -4.19. The number of rotatable bonds is 5. The Kier molecular flexibility index (Phi) is 5.13. The van der Waals surface area contributed by atoms with Crippen molar-refractivity contribution in [3.8, 4) is 5.69 Å². The standard InChI is InChI=1S/C24H19N3O3/c1-16-17(12-13-23(29)30)14-20-21(28)15-22(26-18-8-4-2-5-9-18)27(24(20)25-16)19-10-6-3-7-11-19/h2-15,26H,1H3,(H,29,30)/b13-12+. The highest BCUT2D eigenvalue weighted by Gasteiger charge is 2.14. The SMILES string of the molecule is Cc1nc2c(cc1/C=C/C(=O)O)c(=O)cc(Nc1ccccc1)n2-c1ccccc1. The number of nitrogens with one attached hydrogen (secondary N) is 1. The maximum Gasteiger partial charge on any atom is 0.328 e. The number of fused-ring (bicyclic) bond motifs is 1. The van der Waals surface area contributed by atoms with Gasteiger partial charge < -0.3 is 10.4 Å². The molecule has 0 atom stereocenters. The largest absolute Gasteiger partial charge is 0.478 e. The maximum absolute atomic E-state index is 12.9. The smallest absolute Gasteiger partial charge is 0.328 e. The van der Waals surface area contributed by atoms with E-state index in [2.05, 4.69) is 10.3 Å². The third-order valence-corrected chi connectivity index (χ3v) is 4.68. The first-order chi connectivity index (χ1) is 14.5. The molecule has 0 unspecified atom stereocenters. The lowest BCUT2D eigenvalue weighted by molar-refractivity contribution is -0.131. The van der Waals surface area contributed by atoms with Crippen molar-refractivity contribution in [2.24, 2.45) is 0 Å². The predicted octanol–water partition coefficient (Wildman–Crippen LogP) is 4.54. The number of aromatic nitrogens is 2. The number of hydrogen-bond donors (Lipinski definition) is 2. The van der Waals surface area contributed by atoms with Crippen molar-refractivity contribution in [3.05, 3.63) is 100 Å². The summed E-state index contributed by atoms with van der Waals surface area (Å²) < 4.78 is 1.89. The second-order valence-corrected chi connectivity index (χ2v) is 6.76. The molecule has 0 saturated heterocycles. The highest BCUT2D eigenvalue weighted by molar-refractivity contribution is 5.88. The van der Waals surface area contributed by atoms with Gasteiger partial charge in [0, 0.05) is 29.2 Å². The molecule has 0 amide bonds. The van der Waals surface area contributed by atoms with Crippen LogP contribution >= 0.6 is 0 Å².